The van der Waals surface area contributed by atoms with Crippen LogP contribution >= 0.6 is 0 Å². The van der Waals surface area contributed by atoms with Gasteiger partial charge in [0.2, 0.25) is 11.8 Å². The van der Waals surface area contributed by atoms with Crippen molar-refractivity contribution in [1.82, 2.24) is 9.80 Å². The number of hydrogen-bond donors (Lipinski definition) is 1. The first kappa shape index (κ1) is 18.7. The van der Waals surface area contributed by atoms with Crippen molar-refractivity contribution >= 4 is 11.8 Å². The van der Waals surface area contributed by atoms with Crippen LogP contribution in [0, 0.1) is 16.7 Å². The van der Waals surface area contributed by atoms with Gasteiger partial charge in [0, 0.05) is 32.7 Å². The SMILES string of the molecule is CC(C)(C(N)=O)C(=O)N1CCN(CCOc2ccccc2C#N)CC1. The average molecular weight is 344 g/mol. The van der Waals surface area contributed by atoms with E-state index in [4.69, 9.17) is 15.7 Å². The standard InChI is InChI=1S/C18H24N4O3/c1-18(2,16(20)23)17(24)22-9-7-21(8-10-22)11-12-25-15-6-4-3-5-14(15)13-19/h3-6H,7-12H2,1-2H3,(H2,20,23). The van der Waals surface area contributed by atoms with Gasteiger partial charge in [-0.3, -0.25) is 14.5 Å². The first-order valence-corrected chi connectivity index (χ1v) is 8.30. The van der Waals surface area contributed by atoms with Crippen molar-refractivity contribution in [3.8, 4) is 11.8 Å². The van der Waals surface area contributed by atoms with Gasteiger partial charge in [-0.2, -0.15) is 5.26 Å². The molecule has 1 fully saturated rings. The Bertz CT molecular complexity index is 673. The number of para-hydroxylation sites is 1. The van der Waals surface area contributed by atoms with Crippen molar-refractivity contribution in [3.05, 3.63) is 29.8 Å². The lowest BCUT2D eigenvalue weighted by Gasteiger charge is -2.37. The smallest absolute Gasteiger partial charge is 0.237 e. The van der Waals surface area contributed by atoms with E-state index in [1.54, 1.807) is 36.9 Å². The van der Waals surface area contributed by atoms with Gasteiger partial charge in [0.25, 0.3) is 0 Å². The predicted octanol–water partition coefficient (Wildman–Crippen LogP) is 0.593. The first-order chi connectivity index (χ1) is 11.9. The highest BCUT2D eigenvalue weighted by Crippen LogP contribution is 2.20. The number of piperazine rings is 1. The highest BCUT2D eigenvalue weighted by atomic mass is 16.5. The lowest BCUT2D eigenvalue weighted by atomic mass is 9.90. The minimum absolute atomic E-state index is 0.223. The summed E-state index contributed by atoms with van der Waals surface area (Å²) < 4.78 is 5.68. The summed E-state index contributed by atoms with van der Waals surface area (Å²) in [5.41, 5.74) is 4.66. The van der Waals surface area contributed by atoms with Gasteiger partial charge in [-0.15, -0.1) is 0 Å². The molecule has 134 valence electrons. The highest BCUT2D eigenvalue weighted by Gasteiger charge is 2.38. The van der Waals surface area contributed by atoms with Crippen molar-refractivity contribution in [1.29, 1.82) is 5.26 Å². The number of benzene rings is 1. The van der Waals surface area contributed by atoms with Gasteiger partial charge in [0.1, 0.15) is 23.8 Å². The maximum atomic E-state index is 12.4. The lowest BCUT2D eigenvalue weighted by molar-refractivity contribution is -0.148. The molecule has 1 saturated heterocycles. The van der Waals surface area contributed by atoms with E-state index in [1.807, 2.05) is 6.07 Å². The fourth-order valence-electron chi connectivity index (χ4n) is 2.64. The molecule has 0 aromatic heterocycles. The molecule has 0 radical (unpaired) electrons. The quantitative estimate of drug-likeness (QED) is 0.762. The Morgan fingerprint density at radius 3 is 2.48 bits per heavy atom. The molecule has 0 bridgehead atoms. The summed E-state index contributed by atoms with van der Waals surface area (Å²) in [5.74, 6) is -0.245. The molecule has 0 saturated carbocycles. The second-order valence-electron chi connectivity index (χ2n) is 6.58. The molecule has 0 atom stereocenters. The Balaban J connectivity index is 1.78. The number of carbonyl (C=O) groups is 2. The molecule has 1 aromatic carbocycles. The van der Waals surface area contributed by atoms with E-state index >= 15 is 0 Å². The molecule has 25 heavy (non-hydrogen) atoms. The second-order valence-corrected chi connectivity index (χ2v) is 6.58. The summed E-state index contributed by atoms with van der Waals surface area (Å²) in [4.78, 5) is 27.7. The zero-order valence-electron chi connectivity index (χ0n) is 14.7. The van der Waals surface area contributed by atoms with Crippen LogP contribution in [0.5, 0.6) is 5.75 Å². The molecule has 0 unspecified atom stereocenters. The zero-order valence-corrected chi connectivity index (χ0v) is 14.7. The van der Waals surface area contributed by atoms with Gasteiger partial charge in [-0.1, -0.05) is 12.1 Å². The summed E-state index contributed by atoms with van der Waals surface area (Å²) >= 11 is 0. The third-order valence-corrected chi connectivity index (χ3v) is 4.48. The highest BCUT2D eigenvalue weighted by molar-refractivity contribution is 6.03. The number of ether oxygens (including phenoxy) is 1. The number of hydrogen-bond acceptors (Lipinski definition) is 5. The van der Waals surface area contributed by atoms with Gasteiger partial charge in [0.05, 0.1) is 5.56 Å². The van der Waals surface area contributed by atoms with Gasteiger partial charge < -0.3 is 15.4 Å². The topological polar surface area (TPSA) is 99.7 Å². The summed E-state index contributed by atoms with van der Waals surface area (Å²) in [6.45, 7) is 6.85. The molecule has 2 rings (SSSR count). The first-order valence-electron chi connectivity index (χ1n) is 8.30. The minimum atomic E-state index is -1.17. The fraction of sp³-hybridized carbons (Fsp3) is 0.500. The third kappa shape index (κ3) is 4.48. The van der Waals surface area contributed by atoms with Gasteiger partial charge in [-0.25, -0.2) is 0 Å². The third-order valence-electron chi connectivity index (χ3n) is 4.48. The van der Waals surface area contributed by atoms with E-state index in [0.29, 0.717) is 50.6 Å². The van der Waals surface area contributed by atoms with Crippen molar-refractivity contribution in [2.75, 3.05) is 39.3 Å². The fourth-order valence-corrected chi connectivity index (χ4v) is 2.64. The summed E-state index contributed by atoms with van der Waals surface area (Å²) in [7, 11) is 0. The zero-order chi connectivity index (χ0) is 18.4. The molecular weight excluding hydrogens is 320 g/mol. The van der Waals surface area contributed by atoms with Crippen LogP contribution in [-0.2, 0) is 9.59 Å². The van der Waals surface area contributed by atoms with Crippen LogP contribution in [0.25, 0.3) is 0 Å². The lowest BCUT2D eigenvalue weighted by Crippen LogP contribution is -2.55. The van der Waals surface area contributed by atoms with Crippen molar-refractivity contribution in [2.45, 2.75) is 13.8 Å². The van der Waals surface area contributed by atoms with Gasteiger partial charge in [0.15, 0.2) is 0 Å². The Hall–Kier alpha value is -2.59. The molecule has 1 aromatic rings. The van der Waals surface area contributed by atoms with Crippen LogP contribution in [0.1, 0.15) is 19.4 Å². The van der Waals surface area contributed by atoms with Crippen LogP contribution < -0.4 is 10.5 Å². The molecular formula is C18H24N4O3. The van der Waals surface area contributed by atoms with E-state index in [-0.39, 0.29) is 5.91 Å². The molecule has 0 spiro atoms. The van der Waals surface area contributed by atoms with Crippen LogP contribution in [0.3, 0.4) is 0 Å². The molecule has 7 heteroatoms. The van der Waals surface area contributed by atoms with E-state index < -0.39 is 11.3 Å². The Morgan fingerprint density at radius 1 is 1.24 bits per heavy atom. The van der Waals surface area contributed by atoms with E-state index in [0.717, 1.165) is 0 Å². The largest absolute Gasteiger partial charge is 0.491 e. The van der Waals surface area contributed by atoms with E-state index in [2.05, 4.69) is 11.0 Å². The monoisotopic (exact) mass is 344 g/mol. The molecule has 0 aliphatic carbocycles. The van der Waals surface area contributed by atoms with Gasteiger partial charge in [-0.05, 0) is 26.0 Å². The number of rotatable bonds is 6. The average Bonchev–Trinajstić information content (AvgIpc) is 2.62. The molecule has 2 N–H and O–H groups in total. The number of nitrogens with zero attached hydrogens (tertiary/aromatic N) is 3. The summed E-state index contributed by atoms with van der Waals surface area (Å²) in [5, 5.41) is 9.04. The van der Waals surface area contributed by atoms with Crippen LogP contribution in [-0.4, -0.2) is 60.9 Å². The maximum Gasteiger partial charge on any atom is 0.237 e. The van der Waals surface area contributed by atoms with E-state index in [1.165, 1.54) is 0 Å². The second kappa shape index (κ2) is 7.99. The summed E-state index contributed by atoms with van der Waals surface area (Å²) in [6, 6.07) is 9.24. The van der Waals surface area contributed by atoms with Crippen molar-refractivity contribution in [2.24, 2.45) is 11.1 Å². The molecule has 7 nitrogen and oxygen atoms in total. The minimum Gasteiger partial charge on any atom is -0.491 e. The van der Waals surface area contributed by atoms with Crippen LogP contribution in [0.15, 0.2) is 24.3 Å². The van der Waals surface area contributed by atoms with Crippen molar-refractivity contribution in [3.63, 3.8) is 0 Å². The maximum absolute atomic E-state index is 12.4. The molecule has 1 aliphatic heterocycles. The predicted molar refractivity (Wildman–Crippen MR) is 92.6 cm³/mol. The van der Waals surface area contributed by atoms with Crippen LogP contribution in [0.4, 0.5) is 0 Å². The number of nitriles is 1. The van der Waals surface area contributed by atoms with Crippen molar-refractivity contribution < 1.29 is 14.3 Å². The number of amides is 2. The van der Waals surface area contributed by atoms with Crippen LogP contribution in [0.2, 0.25) is 0 Å². The van der Waals surface area contributed by atoms with Gasteiger partial charge >= 0.3 is 0 Å². The Labute approximate surface area is 147 Å². The molecule has 2 amide bonds. The number of nitrogens with two attached hydrogens (primary N) is 1. The number of carbonyl (C=O) groups excluding carboxylic acids is 2. The molecule has 1 heterocycles. The summed E-state index contributed by atoms with van der Waals surface area (Å²) in [6.07, 6.45) is 0. The Kier molecular flexibility index (Phi) is 5.99. The Morgan fingerprint density at radius 2 is 1.88 bits per heavy atom. The number of primary amides is 1. The molecule has 1 aliphatic rings. The normalized spacial score (nSPS) is 15.5. The van der Waals surface area contributed by atoms with E-state index in [9.17, 15) is 9.59 Å².